The summed E-state index contributed by atoms with van der Waals surface area (Å²) in [5.41, 5.74) is 0. The Morgan fingerprint density at radius 2 is 1.67 bits per heavy atom. The SMILES string of the molecule is C[C-]1CCC1.[Y+3]. The van der Waals surface area contributed by atoms with Crippen LogP contribution in [0.15, 0.2) is 0 Å². The molecule has 6 heavy (non-hydrogen) atoms. The van der Waals surface area contributed by atoms with Gasteiger partial charge in [0.2, 0.25) is 0 Å². The van der Waals surface area contributed by atoms with Crippen LogP contribution in [0.4, 0.5) is 0 Å². The molecule has 1 saturated carbocycles. The van der Waals surface area contributed by atoms with Crippen molar-refractivity contribution in [2.45, 2.75) is 26.2 Å². The zero-order chi connectivity index (χ0) is 3.70. The molecule has 0 amide bonds. The van der Waals surface area contributed by atoms with Gasteiger partial charge in [-0.05, 0) is 0 Å². The van der Waals surface area contributed by atoms with E-state index in [4.69, 9.17) is 0 Å². The van der Waals surface area contributed by atoms with Crippen LogP contribution in [-0.4, -0.2) is 0 Å². The minimum absolute atomic E-state index is 0. The molecule has 0 N–H and O–H groups in total. The predicted octanol–water partition coefficient (Wildman–Crippen LogP) is 1.76. The molecule has 30 valence electrons. The van der Waals surface area contributed by atoms with Crippen molar-refractivity contribution in [3.63, 3.8) is 0 Å². The monoisotopic (exact) mass is 158 g/mol. The Balaban J connectivity index is 0.000000250. The van der Waals surface area contributed by atoms with Crippen LogP contribution in [0, 0.1) is 5.92 Å². The van der Waals surface area contributed by atoms with E-state index in [1.54, 1.807) is 5.92 Å². The molecule has 0 saturated heterocycles. The van der Waals surface area contributed by atoms with Crippen molar-refractivity contribution in [2.75, 3.05) is 0 Å². The summed E-state index contributed by atoms with van der Waals surface area (Å²) in [6.45, 7) is 2.23. The van der Waals surface area contributed by atoms with E-state index in [-0.39, 0.29) is 32.7 Å². The Kier molecular flexibility index (Phi) is 3.73. The summed E-state index contributed by atoms with van der Waals surface area (Å²) in [5.74, 6) is 1.69. The van der Waals surface area contributed by atoms with E-state index in [1.807, 2.05) is 0 Å². The van der Waals surface area contributed by atoms with E-state index < -0.39 is 0 Å². The summed E-state index contributed by atoms with van der Waals surface area (Å²) in [5, 5.41) is 0. The third-order valence-corrected chi connectivity index (χ3v) is 1.21. The van der Waals surface area contributed by atoms with Gasteiger partial charge in [-0.25, -0.2) is 0 Å². The second-order valence-corrected chi connectivity index (χ2v) is 1.81. The van der Waals surface area contributed by atoms with Crippen molar-refractivity contribution >= 4 is 0 Å². The summed E-state index contributed by atoms with van der Waals surface area (Å²) >= 11 is 0. The van der Waals surface area contributed by atoms with Crippen LogP contribution in [0.3, 0.4) is 0 Å². The first-order valence-corrected chi connectivity index (χ1v) is 2.21. The first kappa shape index (κ1) is 7.10. The fourth-order valence-corrected chi connectivity index (χ4v) is 0.530. The maximum atomic E-state index is 2.23. The molecule has 0 unspecified atom stereocenters. The van der Waals surface area contributed by atoms with Crippen molar-refractivity contribution in [1.29, 1.82) is 0 Å². The van der Waals surface area contributed by atoms with Gasteiger partial charge in [-0.15, -0.1) is 6.42 Å². The number of hydrogen-bond donors (Lipinski definition) is 0. The molecule has 0 aromatic carbocycles. The molecular formula is C5H9Y+2. The van der Waals surface area contributed by atoms with E-state index in [1.165, 1.54) is 19.3 Å². The molecule has 1 heteroatoms. The van der Waals surface area contributed by atoms with Crippen molar-refractivity contribution in [2.24, 2.45) is 0 Å². The van der Waals surface area contributed by atoms with Crippen LogP contribution < -0.4 is 0 Å². The molecular weight excluding hydrogens is 149 g/mol. The average Bonchev–Trinajstić information content (AvgIpc) is 1.30. The summed E-state index contributed by atoms with van der Waals surface area (Å²) in [6.07, 6.45) is 4.26. The van der Waals surface area contributed by atoms with Crippen LogP contribution in [0.25, 0.3) is 0 Å². The topological polar surface area (TPSA) is 0 Å². The Labute approximate surface area is 64.6 Å². The predicted molar refractivity (Wildman–Crippen MR) is 22.8 cm³/mol. The van der Waals surface area contributed by atoms with Crippen molar-refractivity contribution in [1.82, 2.24) is 0 Å². The largest absolute Gasteiger partial charge is 3.00 e. The second kappa shape index (κ2) is 3.15. The Morgan fingerprint density at radius 1 is 1.33 bits per heavy atom. The maximum absolute atomic E-state index is 2.23. The van der Waals surface area contributed by atoms with E-state index in [9.17, 15) is 0 Å². The fourth-order valence-electron chi connectivity index (χ4n) is 0.530. The first-order valence-electron chi connectivity index (χ1n) is 2.21. The van der Waals surface area contributed by atoms with Gasteiger partial charge in [0, 0.05) is 0 Å². The van der Waals surface area contributed by atoms with Crippen molar-refractivity contribution < 1.29 is 32.7 Å². The quantitative estimate of drug-likeness (QED) is 0.471. The van der Waals surface area contributed by atoms with E-state index in [2.05, 4.69) is 6.92 Å². The third kappa shape index (κ3) is 1.70. The summed E-state index contributed by atoms with van der Waals surface area (Å²) in [7, 11) is 0. The molecule has 0 aromatic heterocycles. The molecule has 0 radical (unpaired) electrons. The maximum Gasteiger partial charge on any atom is 3.00 e. The molecule has 1 aliphatic rings. The van der Waals surface area contributed by atoms with E-state index >= 15 is 0 Å². The minimum Gasteiger partial charge on any atom is -0.317 e. The first-order chi connectivity index (χ1) is 2.39. The molecule has 0 spiro atoms. The summed E-state index contributed by atoms with van der Waals surface area (Å²) < 4.78 is 0. The Bertz CT molecular complexity index is 30.9. The van der Waals surface area contributed by atoms with Gasteiger partial charge in [0.1, 0.15) is 0 Å². The number of rotatable bonds is 0. The van der Waals surface area contributed by atoms with Gasteiger partial charge in [-0.1, -0.05) is 0 Å². The van der Waals surface area contributed by atoms with Crippen LogP contribution >= 0.6 is 0 Å². The molecule has 1 rings (SSSR count). The average molecular weight is 158 g/mol. The number of hydrogen-bond acceptors (Lipinski definition) is 0. The van der Waals surface area contributed by atoms with Crippen molar-refractivity contribution in [3.05, 3.63) is 5.92 Å². The van der Waals surface area contributed by atoms with E-state index in [0.29, 0.717) is 0 Å². The van der Waals surface area contributed by atoms with Crippen LogP contribution in [0.2, 0.25) is 0 Å². The van der Waals surface area contributed by atoms with Gasteiger partial charge in [0.25, 0.3) is 0 Å². The van der Waals surface area contributed by atoms with Crippen LogP contribution in [0.1, 0.15) is 26.2 Å². The molecule has 0 heterocycles. The molecule has 0 aromatic rings. The molecule has 1 fully saturated rings. The molecule has 0 bridgehead atoms. The van der Waals surface area contributed by atoms with Crippen LogP contribution in [-0.2, 0) is 32.7 Å². The summed E-state index contributed by atoms with van der Waals surface area (Å²) in [6, 6.07) is 0. The fraction of sp³-hybridized carbons (Fsp3) is 0.800. The van der Waals surface area contributed by atoms with Gasteiger partial charge < -0.3 is 5.92 Å². The Morgan fingerprint density at radius 3 is 1.67 bits per heavy atom. The van der Waals surface area contributed by atoms with Gasteiger partial charge in [-0.3, -0.25) is 0 Å². The standard InChI is InChI=1S/C5H9.Y/c1-5-3-2-4-5;/h2-4H2,1H3;/q-1;+3. The molecule has 1 aliphatic carbocycles. The third-order valence-electron chi connectivity index (χ3n) is 1.21. The Hall–Kier alpha value is 1.10. The summed E-state index contributed by atoms with van der Waals surface area (Å²) in [4.78, 5) is 0. The smallest absolute Gasteiger partial charge is 0.317 e. The zero-order valence-corrected chi connectivity index (χ0v) is 7.04. The van der Waals surface area contributed by atoms with Gasteiger partial charge in [0.05, 0.1) is 0 Å². The van der Waals surface area contributed by atoms with Gasteiger partial charge in [0.15, 0.2) is 0 Å². The normalized spacial score (nSPS) is 21.5. The minimum atomic E-state index is 0. The van der Waals surface area contributed by atoms with Crippen LogP contribution in [0.5, 0.6) is 0 Å². The molecule has 0 nitrogen and oxygen atoms in total. The van der Waals surface area contributed by atoms with Gasteiger partial charge >= 0.3 is 32.7 Å². The molecule has 0 aliphatic heterocycles. The van der Waals surface area contributed by atoms with E-state index in [0.717, 1.165) is 0 Å². The van der Waals surface area contributed by atoms with Crippen molar-refractivity contribution in [3.8, 4) is 0 Å². The molecule has 0 atom stereocenters. The second-order valence-electron chi connectivity index (χ2n) is 1.81. The van der Waals surface area contributed by atoms with Gasteiger partial charge in [-0.2, -0.15) is 19.8 Å². The zero-order valence-electron chi connectivity index (χ0n) is 4.20.